The summed E-state index contributed by atoms with van der Waals surface area (Å²) in [6.07, 6.45) is -10.0. The Hall–Kier alpha value is -3.10. The molecule has 0 saturated carbocycles. The van der Waals surface area contributed by atoms with Gasteiger partial charge in [0.25, 0.3) is 0 Å². The van der Waals surface area contributed by atoms with Crippen LogP contribution in [0.3, 0.4) is 0 Å². The Morgan fingerprint density at radius 2 is 1.53 bits per heavy atom. The highest BCUT2D eigenvalue weighted by molar-refractivity contribution is 6.09. The van der Waals surface area contributed by atoms with E-state index in [1.54, 1.807) is 0 Å². The fraction of sp³-hybridized carbons (Fsp3) is 0.304. The summed E-state index contributed by atoms with van der Waals surface area (Å²) in [6, 6.07) is 5.16. The van der Waals surface area contributed by atoms with E-state index in [9.17, 15) is 31.4 Å². The molecule has 0 aliphatic heterocycles. The van der Waals surface area contributed by atoms with E-state index >= 15 is 0 Å². The molecule has 1 N–H and O–H groups in total. The Kier molecular flexibility index (Phi) is 4.63. The zero-order chi connectivity index (χ0) is 23.8. The Balaban J connectivity index is 2.28. The number of methoxy groups -OCH3 is 2. The van der Waals surface area contributed by atoms with Gasteiger partial charge in [0.15, 0.2) is 11.5 Å². The van der Waals surface area contributed by atoms with Crippen molar-refractivity contribution < 1.29 is 40.9 Å². The number of fused-ring (bicyclic) bond motifs is 5. The standard InChI is InChI=1S/C23H18F6O3/c1-21(2)13-9-15(30)11-5-6-16(31-3)20(32-4)18(11)17(13)12-7-10(22(24,25)26)8-14(19(12)21)23(27,28)29/h5-9,30H,1-4H3. The minimum absolute atomic E-state index is 0.103. The number of rotatable bonds is 2. The van der Waals surface area contributed by atoms with Gasteiger partial charge in [-0.1, -0.05) is 13.8 Å². The fourth-order valence-electron chi connectivity index (χ4n) is 4.62. The molecule has 0 bridgehead atoms. The van der Waals surface area contributed by atoms with Crippen LogP contribution in [0.5, 0.6) is 17.2 Å². The van der Waals surface area contributed by atoms with Crippen LogP contribution in [0.4, 0.5) is 26.3 Å². The molecule has 0 aromatic heterocycles. The number of alkyl halides is 6. The molecule has 0 saturated heterocycles. The zero-order valence-electron chi connectivity index (χ0n) is 17.4. The van der Waals surface area contributed by atoms with Crippen molar-refractivity contribution in [2.75, 3.05) is 14.2 Å². The second-order valence-corrected chi connectivity index (χ2v) is 8.11. The molecule has 0 heterocycles. The van der Waals surface area contributed by atoms with Crippen LogP contribution in [0.25, 0.3) is 21.9 Å². The van der Waals surface area contributed by atoms with Gasteiger partial charge in [-0.3, -0.25) is 0 Å². The number of hydrogen-bond acceptors (Lipinski definition) is 3. The van der Waals surface area contributed by atoms with Gasteiger partial charge >= 0.3 is 12.4 Å². The Morgan fingerprint density at radius 1 is 0.875 bits per heavy atom. The van der Waals surface area contributed by atoms with Gasteiger partial charge in [-0.15, -0.1) is 0 Å². The monoisotopic (exact) mass is 456 g/mol. The molecule has 9 heteroatoms. The van der Waals surface area contributed by atoms with E-state index in [0.717, 1.165) is 6.07 Å². The average Bonchev–Trinajstić information content (AvgIpc) is 2.92. The highest BCUT2D eigenvalue weighted by atomic mass is 19.4. The summed E-state index contributed by atoms with van der Waals surface area (Å²) < 4.78 is 93.4. The van der Waals surface area contributed by atoms with Crippen molar-refractivity contribution in [3.8, 4) is 28.4 Å². The minimum atomic E-state index is -5.02. The third kappa shape index (κ3) is 2.97. The number of aromatic hydroxyl groups is 1. The number of ether oxygens (including phenoxy) is 2. The SMILES string of the molecule is COc1ccc2c(O)cc3c(c2c1OC)-c1cc(C(F)(F)F)cc(C(F)(F)F)c1C3(C)C. The average molecular weight is 456 g/mol. The van der Waals surface area contributed by atoms with E-state index in [2.05, 4.69) is 0 Å². The Labute approximate surface area is 179 Å². The second-order valence-electron chi connectivity index (χ2n) is 8.11. The van der Waals surface area contributed by atoms with E-state index in [-0.39, 0.29) is 56.3 Å². The molecule has 170 valence electrons. The van der Waals surface area contributed by atoms with Crippen LogP contribution in [-0.4, -0.2) is 19.3 Å². The molecule has 32 heavy (non-hydrogen) atoms. The number of phenolic OH excluding ortho intramolecular Hbond substituents is 1. The van der Waals surface area contributed by atoms with E-state index in [1.807, 2.05) is 0 Å². The molecular formula is C23H18F6O3. The molecule has 3 aromatic carbocycles. The normalized spacial score (nSPS) is 14.9. The fourth-order valence-corrected chi connectivity index (χ4v) is 4.62. The van der Waals surface area contributed by atoms with Crippen LogP contribution in [0, 0.1) is 0 Å². The first-order chi connectivity index (χ1) is 14.7. The van der Waals surface area contributed by atoms with Crippen LogP contribution >= 0.6 is 0 Å². The summed E-state index contributed by atoms with van der Waals surface area (Å²) in [4.78, 5) is 0. The van der Waals surface area contributed by atoms with Crippen molar-refractivity contribution in [3.63, 3.8) is 0 Å². The van der Waals surface area contributed by atoms with Gasteiger partial charge in [-0.2, -0.15) is 26.3 Å². The quantitative estimate of drug-likeness (QED) is 0.426. The number of halogens is 6. The van der Waals surface area contributed by atoms with Crippen molar-refractivity contribution in [2.45, 2.75) is 31.6 Å². The molecule has 1 aliphatic rings. The van der Waals surface area contributed by atoms with Crippen molar-refractivity contribution in [1.82, 2.24) is 0 Å². The molecule has 0 amide bonds. The number of benzene rings is 3. The molecule has 0 spiro atoms. The van der Waals surface area contributed by atoms with Crippen LogP contribution in [0.2, 0.25) is 0 Å². The molecule has 4 rings (SSSR count). The van der Waals surface area contributed by atoms with Gasteiger partial charge in [0.05, 0.1) is 25.3 Å². The van der Waals surface area contributed by atoms with Gasteiger partial charge in [0.2, 0.25) is 0 Å². The summed E-state index contributed by atoms with van der Waals surface area (Å²) in [7, 11) is 2.66. The first-order valence-electron chi connectivity index (χ1n) is 9.47. The molecular weight excluding hydrogens is 438 g/mol. The van der Waals surface area contributed by atoms with Crippen molar-refractivity contribution in [3.05, 3.63) is 52.6 Å². The van der Waals surface area contributed by atoms with Crippen LogP contribution in [0.1, 0.15) is 36.1 Å². The van der Waals surface area contributed by atoms with Crippen LogP contribution in [0.15, 0.2) is 30.3 Å². The Bertz CT molecular complexity index is 1260. The molecule has 3 aromatic rings. The highest BCUT2D eigenvalue weighted by Gasteiger charge is 2.48. The summed E-state index contributed by atoms with van der Waals surface area (Å²) >= 11 is 0. The van der Waals surface area contributed by atoms with Crippen LogP contribution in [-0.2, 0) is 17.8 Å². The van der Waals surface area contributed by atoms with Gasteiger partial charge in [-0.25, -0.2) is 0 Å². The smallest absolute Gasteiger partial charge is 0.416 e. The molecule has 0 unspecified atom stereocenters. The van der Waals surface area contributed by atoms with Gasteiger partial charge < -0.3 is 14.6 Å². The maximum absolute atomic E-state index is 14.0. The third-order valence-electron chi connectivity index (χ3n) is 5.96. The van der Waals surface area contributed by atoms with Gasteiger partial charge in [-0.05, 0) is 52.6 Å². The summed E-state index contributed by atoms with van der Waals surface area (Å²) in [5, 5.41) is 11.0. The summed E-state index contributed by atoms with van der Waals surface area (Å²) in [5.74, 6) is 0.0963. The summed E-state index contributed by atoms with van der Waals surface area (Å²) in [6.45, 7) is 2.97. The maximum atomic E-state index is 14.0. The predicted octanol–water partition coefficient (Wildman–Crippen LogP) is 6.91. The maximum Gasteiger partial charge on any atom is 0.416 e. The lowest BCUT2D eigenvalue weighted by molar-refractivity contribution is -0.143. The number of phenols is 1. The minimum Gasteiger partial charge on any atom is -0.507 e. The third-order valence-corrected chi connectivity index (χ3v) is 5.96. The molecule has 1 aliphatic carbocycles. The lowest BCUT2D eigenvalue weighted by atomic mass is 9.79. The van der Waals surface area contributed by atoms with E-state index in [4.69, 9.17) is 9.47 Å². The molecule has 0 atom stereocenters. The first kappa shape index (κ1) is 22.1. The molecule has 0 fully saturated rings. The zero-order valence-corrected chi connectivity index (χ0v) is 17.4. The summed E-state index contributed by atoms with van der Waals surface area (Å²) in [5.41, 5.74) is -4.21. The van der Waals surface area contributed by atoms with Crippen molar-refractivity contribution >= 4 is 10.8 Å². The lowest BCUT2D eigenvalue weighted by Crippen LogP contribution is -2.22. The highest BCUT2D eigenvalue weighted by Crippen LogP contribution is 2.59. The predicted molar refractivity (Wildman–Crippen MR) is 106 cm³/mol. The van der Waals surface area contributed by atoms with Gasteiger partial charge in [0, 0.05) is 16.2 Å². The van der Waals surface area contributed by atoms with E-state index in [0.29, 0.717) is 0 Å². The molecule has 3 nitrogen and oxygen atoms in total. The van der Waals surface area contributed by atoms with Crippen molar-refractivity contribution in [2.24, 2.45) is 0 Å². The second kappa shape index (κ2) is 6.70. The lowest BCUT2D eigenvalue weighted by Gasteiger charge is -2.26. The van der Waals surface area contributed by atoms with E-state index in [1.165, 1.54) is 46.3 Å². The first-order valence-corrected chi connectivity index (χ1v) is 9.47. The topological polar surface area (TPSA) is 38.7 Å². The van der Waals surface area contributed by atoms with Gasteiger partial charge in [0.1, 0.15) is 5.75 Å². The number of hydrogen-bond donors (Lipinski definition) is 1. The Morgan fingerprint density at radius 3 is 2.06 bits per heavy atom. The molecule has 0 radical (unpaired) electrons. The van der Waals surface area contributed by atoms with Crippen molar-refractivity contribution in [1.29, 1.82) is 0 Å². The van der Waals surface area contributed by atoms with Crippen LogP contribution < -0.4 is 9.47 Å². The van der Waals surface area contributed by atoms with E-state index < -0.39 is 28.9 Å². The largest absolute Gasteiger partial charge is 0.507 e.